The minimum absolute atomic E-state index is 0.0562. The molecule has 27 heavy (non-hydrogen) atoms. The number of nitrogens with zero attached hydrogens (tertiary/aromatic N) is 3. The molecular weight excluding hydrogens is 370 g/mol. The summed E-state index contributed by atoms with van der Waals surface area (Å²) in [7, 11) is 0. The normalized spacial score (nSPS) is 13.1. The summed E-state index contributed by atoms with van der Waals surface area (Å²) < 4.78 is 13.5. The molecule has 1 aliphatic heterocycles. The fourth-order valence-corrected chi connectivity index (χ4v) is 3.86. The molecule has 8 nitrogen and oxygen atoms in total. The van der Waals surface area contributed by atoms with Crippen molar-refractivity contribution in [1.29, 1.82) is 0 Å². The maximum atomic E-state index is 12.6. The van der Waals surface area contributed by atoms with Gasteiger partial charge in [-0.1, -0.05) is 29.5 Å². The van der Waals surface area contributed by atoms with Crippen LogP contribution in [-0.4, -0.2) is 22.2 Å². The monoisotopic (exact) mass is 383 g/mol. The number of hydrogen-bond acceptors (Lipinski definition) is 6. The van der Waals surface area contributed by atoms with Gasteiger partial charge >= 0.3 is 0 Å². The molecule has 3 aromatic rings. The molecular formula is C18H13N3O5S. The molecule has 0 bridgehead atoms. The molecule has 1 aliphatic rings. The van der Waals surface area contributed by atoms with Crippen molar-refractivity contribution in [2.75, 3.05) is 6.79 Å². The van der Waals surface area contributed by atoms with Crippen LogP contribution in [0.2, 0.25) is 0 Å². The van der Waals surface area contributed by atoms with E-state index in [-0.39, 0.29) is 18.0 Å². The van der Waals surface area contributed by atoms with Crippen LogP contribution in [0.15, 0.2) is 54.0 Å². The van der Waals surface area contributed by atoms with Crippen molar-refractivity contribution in [3.63, 3.8) is 0 Å². The largest absolute Gasteiger partial charge is 0.454 e. The van der Waals surface area contributed by atoms with Crippen LogP contribution in [0.25, 0.3) is 10.2 Å². The molecule has 0 saturated carbocycles. The highest BCUT2D eigenvalue weighted by atomic mass is 32.1. The van der Waals surface area contributed by atoms with Gasteiger partial charge in [-0.05, 0) is 6.07 Å². The number of benzene rings is 2. The summed E-state index contributed by atoms with van der Waals surface area (Å²) in [5.41, 5.74) is 0.487. The fraction of sp³-hybridized carbons (Fsp3) is 0.111. The third-order valence-electron chi connectivity index (χ3n) is 4.02. The highest BCUT2D eigenvalue weighted by Crippen LogP contribution is 2.37. The number of aromatic nitrogens is 1. The summed E-state index contributed by atoms with van der Waals surface area (Å²) in [6.45, 7) is 4.33. The van der Waals surface area contributed by atoms with E-state index in [0.29, 0.717) is 22.8 Å². The molecule has 136 valence electrons. The number of carbonyl (C=O) groups is 1. The number of ether oxygens (including phenoxy) is 2. The van der Waals surface area contributed by atoms with Crippen LogP contribution < -0.4 is 14.3 Å². The van der Waals surface area contributed by atoms with Crippen LogP contribution in [0.4, 0.5) is 5.69 Å². The Morgan fingerprint density at radius 2 is 2.07 bits per heavy atom. The number of para-hydroxylation sites is 1. The molecule has 0 saturated heterocycles. The van der Waals surface area contributed by atoms with Crippen molar-refractivity contribution in [3.8, 4) is 11.5 Å². The van der Waals surface area contributed by atoms with E-state index in [4.69, 9.17) is 9.47 Å². The van der Waals surface area contributed by atoms with Gasteiger partial charge in [0.1, 0.15) is 5.56 Å². The van der Waals surface area contributed by atoms with E-state index in [1.165, 1.54) is 29.5 Å². The van der Waals surface area contributed by atoms with Gasteiger partial charge < -0.3 is 14.0 Å². The lowest BCUT2D eigenvalue weighted by molar-refractivity contribution is -0.385. The third-order valence-corrected chi connectivity index (χ3v) is 5.06. The van der Waals surface area contributed by atoms with Gasteiger partial charge in [0.25, 0.3) is 11.6 Å². The first-order valence-corrected chi connectivity index (χ1v) is 8.76. The second-order valence-corrected chi connectivity index (χ2v) is 6.66. The lowest BCUT2D eigenvalue weighted by atomic mass is 10.2. The predicted molar refractivity (Wildman–Crippen MR) is 99.1 cm³/mol. The summed E-state index contributed by atoms with van der Waals surface area (Å²) in [5, 5.41) is 11.2. The first-order chi connectivity index (χ1) is 13.1. The van der Waals surface area contributed by atoms with Gasteiger partial charge in [0, 0.05) is 24.7 Å². The van der Waals surface area contributed by atoms with E-state index in [0.717, 1.165) is 10.2 Å². The van der Waals surface area contributed by atoms with Crippen molar-refractivity contribution in [3.05, 3.63) is 69.5 Å². The number of nitro groups is 1. The second-order valence-electron chi connectivity index (χ2n) is 5.65. The van der Waals surface area contributed by atoms with E-state index in [1.54, 1.807) is 12.1 Å². The maximum Gasteiger partial charge on any atom is 0.286 e. The summed E-state index contributed by atoms with van der Waals surface area (Å²) in [6.07, 6.45) is 1.69. The molecule has 2 aromatic carbocycles. The number of nitro benzene ring substituents is 1. The Balaban J connectivity index is 1.88. The van der Waals surface area contributed by atoms with Gasteiger partial charge in [-0.15, -0.1) is 6.58 Å². The molecule has 0 unspecified atom stereocenters. The minimum atomic E-state index is -0.674. The Hall–Kier alpha value is -3.46. The van der Waals surface area contributed by atoms with E-state index >= 15 is 0 Å². The van der Waals surface area contributed by atoms with Crippen molar-refractivity contribution in [1.82, 2.24) is 4.57 Å². The molecule has 0 aliphatic carbocycles. The van der Waals surface area contributed by atoms with Gasteiger partial charge in [-0.25, -0.2) is 0 Å². The topological polar surface area (TPSA) is 96.0 Å². The molecule has 9 heteroatoms. The Bertz CT molecular complexity index is 1160. The van der Waals surface area contributed by atoms with Crippen LogP contribution in [0.3, 0.4) is 0 Å². The zero-order chi connectivity index (χ0) is 19.0. The first-order valence-electron chi connectivity index (χ1n) is 7.95. The van der Waals surface area contributed by atoms with Crippen LogP contribution >= 0.6 is 11.3 Å². The van der Waals surface area contributed by atoms with Crippen LogP contribution in [-0.2, 0) is 6.54 Å². The molecule has 2 heterocycles. The van der Waals surface area contributed by atoms with Crippen molar-refractivity contribution in [2.24, 2.45) is 4.99 Å². The molecule has 1 aromatic heterocycles. The molecule has 0 radical (unpaired) electrons. The number of carbonyl (C=O) groups excluding carboxylic acids is 1. The first kappa shape index (κ1) is 17.0. The standard InChI is InChI=1S/C18H13N3O5S/c1-2-7-20-13-8-14-15(26-10-25-14)9-16(13)27-18(20)19-17(22)11-5-3-4-6-12(11)21(23)24/h2-6,8-9H,1,7,10H2. The molecule has 0 fully saturated rings. The number of allylic oxidation sites excluding steroid dienone is 1. The Morgan fingerprint density at radius 3 is 2.81 bits per heavy atom. The molecule has 4 rings (SSSR count). The number of thiazole rings is 1. The minimum Gasteiger partial charge on any atom is -0.454 e. The number of hydrogen-bond donors (Lipinski definition) is 0. The lowest BCUT2D eigenvalue weighted by Gasteiger charge is -2.02. The summed E-state index contributed by atoms with van der Waals surface area (Å²) in [6, 6.07) is 9.41. The SMILES string of the molecule is C=CCn1c(=NC(=O)c2ccccc2[N+](=O)[O-])sc2cc3c(cc21)OCO3. The van der Waals surface area contributed by atoms with Gasteiger partial charge in [0.15, 0.2) is 16.3 Å². The Morgan fingerprint density at radius 1 is 1.33 bits per heavy atom. The quantitative estimate of drug-likeness (QED) is 0.391. The van der Waals surface area contributed by atoms with E-state index in [1.807, 2.05) is 16.7 Å². The number of rotatable bonds is 4. The van der Waals surface area contributed by atoms with Crippen molar-refractivity contribution >= 4 is 33.1 Å². The summed E-state index contributed by atoms with van der Waals surface area (Å²) in [4.78, 5) is 27.8. The average Bonchev–Trinajstić information content (AvgIpc) is 3.24. The lowest BCUT2D eigenvalue weighted by Crippen LogP contribution is -2.16. The number of fused-ring (bicyclic) bond motifs is 2. The third kappa shape index (κ3) is 2.97. The Kier molecular flexibility index (Phi) is 4.21. The van der Waals surface area contributed by atoms with Crippen LogP contribution in [0.1, 0.15) is 10.4 Å². The zero-order valence-corrected chi connectivity index (χ0v) is 14.8. The highest BCUT2D eigenvalue weighted by molar-refractivity contribution is 7.16. The summed E-state index contributed by atoms with van der Waals surface area (Å²) >= 11 is 1.29. The zero-order valence-electron chi connectivity index (χ0n) is 14.0. The smallest absolute Gasteiger partial charge is 0.286 e. The second kappa shape index (κ2) is 6.69. The van der Waals surface area contributed by atoms with E-state index in [2.05, 4.69) is 11.6 Å². The Labute approximate surface area is 156 Å². The van der Waals surface area contributed by atoms with Crippen LogP contribution in [0, 0.1) is 10.1 Å². The molecule has 1 amide bonds. The number of amides is 1. The highest BCUT2D eigenvalue weighted by Gasteiger charge is 2.20. The van der Waals surface area contributed by atoms with E-state index in [9.17, 15) is 14.9 Å². The van der Waals surface area contributed by atoms with Crippen molar-refractivity contribution < 1.29 is 19.2 Å². The maximum absolute atomic E-state index is 12.6. The average molecular weight is 383 g/mol. The van der Waals surface area contributed by atoms with Gasteiger partial charge in [0.2, 0.25) is 6.79 Å². The summed E-state index contributed by atoms with van der Waals surface area (Å²) in [5.74, 6) is 0.576. The van der Waals surface area contributed by atoms with Gasteiger partial charge in [-0.2, -0.15) is 4.99 Å². The molecule has 0 spiro atoms. The van der Waals surface area contributed by atoms with E-state index < -0.39 is 10.8 Å². The molecule has 0 N–H and O–H groups in total. The van der Waals surface area contributed by atoms with Gasteiger partial charge in [-0.3, -0.25) is 14.9 Å². The fourth-order valence-electron chi connectivity index (χ4n) is 2.81. The van der Waals surface area contributed by atoms with Crippen LogP contribution in [0.5, 0.6) is 11.5 Å². The molecule has 0 atom stereocenters. The van der Waals surface area contributed by atoms with Gasteiger partial charge in [0.05, 0.1) is 15.1 Å². The predicted octanol–water partition coefficient (Wildman–Crippen LogP) is 3.27. The van der Waals surface area contributed by atoms with Crippen molar-refractivity contribution in [2.45, 2.75) is 6.54 Å².